The number of hydrogen-bond acceptors (Lipinski definition) is 3. The summed E-state index contributed by atoms with van der Waals surface area (Å²) in [6.45, 7) is 0. The topological polar surface area (TPSA) is 18.5 Å². The third-order valence-electron chi connectivity index (χ3n) is 1.69. The molecule has 0 aromatic heterocycles. The van der Waals surface area contributed by atoms with Crippen molar-refractivity contribution in [3.63, 3.8) is 0 Å². The van der Waals surface area contributed by atoms with Gasteiger partial charge >= 0.3 is 0 Å². The minimum absolute atomic E-state index is 0.887. The molecule has 0 spiro atoms. The first-order valence-corrected chi connectivity index (χ1v) is 4.06. The van der Waals surface area contributed by atoms with Crippen LogP contribution < -0.4 is 0 Å². The molecule has 1 aromatic rings. The first kappa shape index (κ1) is 9.58. The first-order chi connectivity index (χ1) is 5.73. The van der Waals surface area contributed by atoms with Crippen LogP contribution in [0.1, 0.15) is 5.56 Å². The first-order valence-electron chi connectivity index (χ1n) is 3.61. The fourth-order valence-electron chi connectivity index (χ4n) is 0.968. The Morgan fingerprint density at radius 1 is 1.08 bits per heavy atom. The van der Waals surface area contributed by atoms with E-state index in [0.29, 0.717) is 0 Å². The number of benzene rings is 1. The molecule has 1 aromatic carbocycles. The summed E-state index contributed by atoms with van der Waals surface area (Å²) in [4.78, 5) is 0. The summed E-state index contributed by atoms with van der Waals surface area (Å²) in [6.07, 6.45) is 0. The molecule has 0 atom stereocenters. The zero-order chi connectivity index (χ0) is 9.03. The van der Waals surface area contributed by atoms with Gasteiger partial charge in [0.1, 0.15) is 0 Å². The Labute approximate surface area is 77.9 Å². The van der Waals surface area contributed by atoms with Crippen LogP contribution in [0.4, 0.5) is 0 Å². The van der Waals surface area contributed by atoms with Crippen LogP contribution in [0.3, 0.4) is 0 Å². The van der Waals surface area contributed by atoms with Crippen molar-refractivity contribution < 1.29 is 9.47 Å². The highest BCUT2D eigenvalue weighted by Crippen LogP contribution is 2.29. The molecule has 0 heterocycles. The predicted molar refractivity (Wildman–Crippen MR) is 51.1 cm³/mol. The van der Waals surface area contributed by atoms with E-state index in [2.05, 4.69) is 12.6 Å². The normalized spacial score (nSPS) is 11.6. The summed E-state index contributed by atoms with van der Waals surface area (Å²) in [6, 6.07) is 9.57. The zero-order valence-electron chi connectivity index (χ0n) is 7.15. The molecular weight excluding hydrogens is 172 g/mol. The summed E-state index contributed by atoms with van der Waals surface area (Å²) in [5, 5.41) is -0.929. The highest BCUT2D eigenvalue weighted by Gasteiger charge is 2.26. The standard InChI is InChI=1S/C9H12O2S/c1-10-9(12,11-2)8-6-4-3-5-7-8/h3-7,12H,1-2H3. The van der Waals surface area contributed by atoms with E-state index in [1.807, 2.05) is 30.3 Å². The third kappa shape index (κ3) is 1.80. The molecule has 0 bridgehead atoms. The molecule has 0 saturated heterocycles. The lowest BCUT2D eigenvalue weighted by Gasteiger charge is -2.25. The molecule has 0 radical (unpaired) electrons. The fraction of sp³-hybridized carbons (Fsp3) is 0.333. The molecule has 0 aliphatic carbocycles. The van der Waals surface area contributed by atoms with Crippen molar-refractivity contribution in [1.82, 2.24) is 0 Å². The van der Waals surface area contributed by atoms with Gasteiger partial charge < -0.3 is 9.47 Å². The summed E-state index contributed by atoms with van der Waals surface area (Å²) in [5.74, 6) is 0. The van der Waals surface area contributed by atoms with Crippen LogP contribution in [0.2, 0.25) is 0 Å². The quantitative estimate of drug-likeness (QED) is 0.572. The van der Waals surface area contributed by atoms with Gasteiger partial charge in [-0.3, -0.25) is 0 Å². The van der Waals surface area contributed by atoms with Gasteiger partial charge in [-0.25, -0.2) is 0 Å². The van der Waals surface area contributed by atoms with E-state index >= 15 is 0 Å². The van der Waals surface area contributed by atoms with Gasteiger partial charge in [0.2, 0.25) is 5.12 Å². The highest BCUT2D eigenvalue weighted by atomic mass is 32.1. The van der Waals surface area contributed by atoms with Crippen LogP contribution in [0.5, 0.6) is 0 Å². The van der Waals surface area contributed by atoms with Crippen LogP contribution in [0.25, 0.3) is 0 Å². The maximum Gasteiger partial charge on any atom is 0.242 e. The smallest absolute Gasteiger partial charge is 0.242 e. The maximum atomic E-state index is 5.11. The van der Waals surface area contributed by atoms with E-state index in [-0.39, 0.29) is 0 Å². The second kappa shape index (κ2) is 3.94. The number of rotatable bonds is 3. The van der Waals surface area contributed by atoms with Gasteiger partial charge in [0, 0.05) is 19.8 Å². The molecule has 0 saturated carbocycles. The second-order valence-corrected chi connectivity index (χ2v) is 2.94. The average molecular weight is 184 g/mol. The van der Waals surface area contributed by atoms with Crippen LogP contribution in [-0.4, -0.2) is 14.2 Å². The van der Waals surface area contributed by atoms with Crippen LogP contribution in [0, 0.1) is 0 Å². The number of thiol groups is 1. The van der Waals surface area contributed by atoms with E-state index in [9.17, 15) is 0 Å². The molecule has 0 aliphatic rings. The monoisotopic (exact) mass is 184 g/mol. The molecule has 0 N–H and O–H groups in total. The second-order valence-electron chi connectivity index (χ2n) is 2.36. The van der Waals surface area contributed by atoms with E-state index in [4.69, 9.17) is 9.47 Å². The van der Waals surface area contributed by atoms with Gasteiger partial charge in [-0.05, 0) is 0 Å². The zero-order valence-corrected chi connectivity index (χ0v) is 8.04. The Hall–Kier alpha value is -0.510. The Morgan fingerprint density at radius 3 is 2.00 bits per heavy atom. The van der Waals surface area contributed by atoms with Gasteiger partial charge in [-0.15, -0.1) is 12.6 Å². The van der Waals surface area contributed by atoms with Crippen molar-refractivity contribution in [1.29, 1.82) is 0 Å². The number of methoxy groups -OCH3 is 2. The number of hydrogen-bond donors (Lipinski definition) is 1. The minimum Gasteiger partial charge on any atom is -0.341 e. The Kier molecular flexibility index (Phi) is 3.14. The predicted octanol–water partition coefficient (Wildman–Crippen LogP) is 2.02. The van der Waals surface area contributed by atoms with E-state index < -0.39 is 5.12 Å². The van der Waals surface area contributed by atoms with Gasteiger partial charge in [0.25, 0.3) is 0 Å². The Balaban J connectivity index is 2.95. The average Bonchev–Trinajstić information content (AvgIpc) is 2.18. The summed E-state index contributed by atoms with van der Waals surface area (Å²) in [7, 11) is 3.12. The van der Waals surface area contributed by atoms with Crippen molar-refractivity contribution in [2.45, 2.75) is 5.12 Å². The van der Waals surface area contributed by atoms with Crippen LogP contribution in [-0.2, 0) is 14.6 Å². The lowest BCUT2D eigenvalue weighted by atomic mass is 10.2. The lowest BCUT2D eigenvalue weighted by molar-refractivity contribution is -0.138. The van der Waals surface area contributed by atoms with Gasteiger partial charge in [-0.1, -0.05) is 30.3 Å². The Bertz CT molecular complexity index is 232. The third-order valence-corrected chi connectivity index (χ3v) is 2.32. The van der Waals surface area contributed by atoms with Crippen LogP contribution in [0.15, 0.2) is 30.3 Å². The van der Waals surface area contributed by atoms with E-state index in [0.717, 1.165) is 5.56 Å². The summed E-state index contributed by atoms with van der Waals surface area (Å²) in [5.41, 5.74) is 0.887. The van der Waals surface area contributed by atoms with E-state index in [1.165, 1.54) is 0 Å². The summed E-state index contributed by atoms with van der Waals surface area (Å²) < 4.78 is 10.2. The molecule has 0 fully saturated rings. The molecule has 66 valence electrons. The molecule has 1 rings (SSSR count). The fourth-order valence-corrected chi connectivity index (χ4v) is 1.12. The molecule has 0 unspecified atom stereocenters. The van der Waals surface area contributed by atoms with Crippen molar-refractivity contribution in [2.24, 2.45) is 0 Å². The highest BCUT2D eigenvalue weighted by molar-refractivity contribution is 7.81. The number of ether oxygens (including phenoxy) is 2. The van der Waals surface area contributed by atoms with Crippen molar-refractivity contribution in [2.75, 3.05) is 14.2 Å². The largest absolute Gasteiger partial charge is 0.341 e. The van der Waals surface area contributed by atoms with Crippen LogP contribution >= 0.6 is 12.6 Å². The molecular formula is C9H12O2S. The maximum absolute atomic E-state index is 5.11. The summed E-state index contributed by atoms with van der Waals surface area (Å²) >= 11 is 4.26. The Morgan fingerprint density at radius 2 is 1.58 bits per heavy atom. The molecule has 0 aliphatic heterocycles. The van der Waals surface area contributed by atoms with E-state index in [1.54, 1.807) is 14.2 Å². The molecule has 2 nitrogen and oxygen atoms in total. The van der Waals surface area contributed by atoms with Crippen molar-refractivity contribution in [3.05, 3.63) is 35.9 Å². The SMILES string of the molecule is COC(S)(OC)c1ccccc1. The molecule has 0 amide bonds. The minimum atomic E-state index is -0.929. The molecule has 3 heteroatoms. The van der Waals surface area contributed by atoms with Crippen molar-refractivity contribution >= 4 is 12.6 Å². The van der Waals surface area contributed by atoms with Gasteiger partial charge in [0.15, 0.2) is 0 Å². The lowest BCUT2D eigenvalue weighted by Crippen LogP contribution is -2.23. The van der Waals surface area contributed by atoms with Gasteiger partial charge in [-0.2, -0.15) is 0 Å². The van der Waals surface area contributed by atoms with Gasteiger partial charge in [0.05, 0.1) is 0 Å². The molecule has 12 heavy (non-hydrogen) atoms. The van der Waals surface area contributed by atoms with Crippen molar-refractivity contribution in [3.8, 4) is 0 Å².